The minimum Gasteiger partial charge on any atom is -0.480 e. The molecule has 0 aliphatic heterocycles. The number of nitrogens with two attached hydrogens (primary N) is 1. The third-order valence-corrected chi connectivity index (χ3v) is 3.58. The zero-order valence-corrected chi connectivity index (χ0v) is 13.6. The fourth-order valence-corrected chi connectivity index (χ4v) is 1.98. The summed E-state index contributed by atoms with van der Waals surface area (Å²) in [6, 6.07) is 6.15. The van der Waals surface area contributed by atoms with Crippen LogP contribution in [-0.4, -0.2) is 46.8 Å². The molecule has 0 saturated heterocycles. The van der Waals surface area contributed by atoms with Gasteiger partial charge in [0, 0.05) is 12.2 Å². The van der Waals surface area contributed by atoms with Crippen LogP contribution in [0.2, 0.25) is 0 Å². The minimum absolute atomic E-state index is 0.145. The number of carbonyl (C=O) groups is 3. The van der Waals surface area contributed by atoms with Gasteiger partial charge in [-0.15, -0.1) is 0 Å². The Morgan fingerprint density at radius 1 is 1.17 bits per heavy atom. The van der Waals surface area contributed by atoms with E-state index >= 15 is 0 Å². The number of nitrogens with one attached hydrogen (secondary N) is 2. The molecule has 1 aromatic carbocycles. The molecule has 5 N–H and O–H groups in total. The number of hydrogen-bond donors (Lipinski definition) is 5. The van der Waals surface area contributed by atoms with Crippen LogP contribution in [0.3, 0.4) is 0 Å². The predicted molar refractivity (Wildman–Crippen MR) is 89.1 cm³/mol. The second kappa shape index (κ2) is 9.16. The molecule has 3 atom stereocenters. The van der Waals surface area contributed by atoms with E-state index in [1.165, 1.54) is 6.92 Å². The van der Waals surface area contributed by atoms with E-state index in [2.05, 4.69) is 23.3 Å². The molecule has 0 fully saturated rings. The van der Waals surface area contributed by atoms with Crippen LogP contribution in [0.15, 0.2) is 30.3 Å². The fourth-order valence-electron chi connectivity index (χ4n) is 1.82. The zero-order valence-electron chi connectivity index (χ0n) is 12.7. The average molecular weight is 339 g/mol. The maximum absolute atomic E-state index is 12.0. The lowest BCUT2D eigenvalue weighted by Gasteiger charge is -2.20. The maximum Gasteiger partial charge on any atom is 0.326 e. The highest BCUT2D eigenvalue weighted by molar-refractivity contribution is 7.80. The Morgan fingerprint density at radius 3 is 2.30 bits per heavy atom. The summed E-state index contributed by atoms with van der Waals surface area (Å²) in [4.78, 5) is 35.0. The molecule has 0 saturated carbocycles. The van der Waals surface area contributed by atoms with Gasteiger partial charge in [-0.05, 0) is 12.5 Å². The van der Waals surface area contributed by atoms with Crippen LogP contribution < -0.4 is 16.4 Å². The topological polar surface area (TPSA) is 122 Å². The summed E-state index contributed by atoms with van der Waals surface area (Å²) in [5, 5.41) is 14.1. The van der Waals surface area contributed by atoms with Crippen LogP contribution in [-0.2, 0) is 20.8 Å². The molecule has 0 spiro atoms. The van der Waals surface area contributed by atoms with Crippen molar-refractivity contribution in [3.63, 3.8) is 0 Å². The Labute approximate surface area is 140 Å². The van der Waals surface area contributed by atoms with Crippen LogP contribution in [0.4, 0.5) is 0 Å². The van der Waals surface area contributed by atoms with E-state index in [9.17, 15) is 19.5 Å². The number of thiol groups is 1. The second-order valence-electron chi connectivity index (χ2n) is 5.11. The van der Waals surface area contributed by atoms with Crippen molar-refractivity contribution in [3.8, 4) is 0 Å². The largest absolute Gasteiger partial charge is 0.480 e. The van der Waals surface area contributed by atoms with Crippen LogP contribution in [0, 0.1) is 0 Å². The molecule has 0 bridgehead atoms. The molecule has 8 heteroatoms. The lowest BCUT2D eigenvalue weighted by molar-refractivity contribution is -0.142. The van der Waals surface area contributed by atoms with E-state index < -0.39 is 35.9 Å². The Kier molecular flexibility index (Phi) is 7.56. The van der Waals surface area contributed by atoms with Gasteiger partial charge < -0.3 is 21.5 Å². The molecule has 0 unspecified atom stereocenters. The molecule has 126 valence electrons. The van der Waals surface area contributed by atoms with Crippen molar-refractivity contribution < 1.29 is 19.5 Å². The lowest BCUT2D eigenvalue weighted by Crippen LogP contribution is -2.54. The summed E-state index contributed by atoms with van der Waals surface area (Å²) in [5.74, 6) is -2.11. The normalized spacial score (nSPS) is 14.4. The van der Waals surface area contributed by atoms with Crippen molar-refractivity contribution >= 4 is 30.4 Å². The van der Waals surface area contributed by atoms with Crippen molar-refractivity contribution in [3.05, 3.63) is 35.9 Å². The fraction of sp³-hybridized carbons (Fsp3) is 0.400. The first kappa shape index (κ1) is 19.0. The van der Waals surface area contributed by atoms with Gasteiger partial charge in [0.15, 0.2) is 0 Å². The summed E-state index contributed by atoms with van der Waals surface area (Å²) in [6.07, 6.45) is 0.152. The second-order valence-corrected chi connectivity index (χ2v) is 5.47. The molecule has 0 aromatic heterocycles. The highest BCUT2D eigenvalue weighted by atomic mass is 32.1. The van der Waals surface area contributed by atoms with Gasteiger partial charge in [-0.3, -0.25) is 9.59 Å². The van der Waals surface area contributed by atoms with Gasteiger partial charge in [0.25, 0.3) is 0 Å². The van der Waals surface area contributed by atoms with Crippen molar-refractivity contribution in [1.29, 1.82) is 0 Å². The smallest absolute Gasteiger partial charge is 0.326 e. The van der Waals surface area contributed by atoms with Gasteiger partial charge in [-0.25, -0.2) is 4.79 Å². The summed E-state index contributed by atoms with van der Waals surface area (Å²) in [6.45, 7) is 1.46. The molecule has 0 heterocycles. The van der Waals surface area contributed by atoms with Crippen molar-refractivity contribution in [2.24, 2.45) is 5.73 Å². The Hall–Kier alpha value is -2.06. The molecule has 7 nitrogen and oxygen atoms in total. The molecule has 1 aromatic rings. The number of rotatable bonds is 8. The minimum atomic E-state index is -1.15. The van der Waals surface area contributed by atoms with Crippen molar-refractivity contribution in [2.45, 2.75) is 31.5 Å². The highest BCUT2D eigenvalue weighted by Crippen LogP contribution is 2.04. The van der Waals surface area contributed by atoms with Crippen LogP contribution >= 0.6 is 12.6 Å². The number of benzene rings is 1. The van der Waals surface area contributed by atoms with Crippen LogP contribution in [0.1, 0.15) is 12.5 Å². The first-order valence-electron chi connectivity index (χ1n) is 7.09. The zero-order chi connectivity index (χ0) is 17.4. The standard InChI is InChI=1S/C15H21N3O4S/c1-9(17-14(20)11(16)8-23)13(19)18-12(15(21)22)7-10-5-3-2-4-6-10/h2-6,9,11-12,23H,7-8,16H2,1H3,(H,17,20)(H,18,19)(H,21,22)/t9-,11-,12-/m0/s1. The molecule has 0 aliphatic rings. The monoisotopic (exact) mass is 339 g/mol. The Bertz CT molecular complexity index is 553. The SMILES string of the molecule is C[C@H](NC(=O)[C@@H](N)CS)C(=O)N[C@@H](Cc1ccccc1)C(=O)O. The number of carboxylic acid groups (broad SMARTS) is 1. The van der Waals surface area contributed by atoms with E-state index in [-0.39, 0.29) is 12.2 Å². The molecule has 0 aliphatic carbocycles. The summed E-state index contributed by atoms with van der Waals surface area (Å²) in [5.41, 5.74) is 6.29. The first-order chi connectivity index (χ1) is 10.8. The quantitative estimate of drug-likeness (QED) is 0.411. The lowest BCUT2D eigenvalue weighted by atomic mass is 10.1. The van der Waals surface area contributed by atoms with Crippen molar-refractivity contribution in [1.82, 2.24) is 10.6 Å². The van der Waals surface area contributed by atoms with E-state index in [1.54, 1.807) is 24.3 Å². The van der Waals surface area contributed by atoms with Gasteiger partial charge in [0.05, 0.1) is 6.04 Å². The third-order valence-electron chi connectivity index (χ3n) is 3.18. The average Bonchev–Trinajstić information content (AvgIpc) is 2.53. The number of amides is 2. The number of hydrogen-bond acceptors (Lipinski definition) is 5. The summed E-state index contributed by atoms with van der Waals surface area (Å²) >= 11 is 3.90. The Morgan fingerprint density at radius 2 is 1.78 bits per heavy atom. The van der Waals surface area contributed by atoms with Crippen molar-refractivity contribution in [2.75, 3.05) is 5.75 Å². The first-order valence-corrected chi connectivity index (χ1v) is 7.72. The number of carbonyl (C=O) groups excluding carboxylic acids is 2. The highest BCUT2D eigenvalue weighted by Gasteiger charge is 2.25. The summed E-state index contributed by atoms with van der Waals surface area (Å²) in [7, 11) is 0. The molecule has 1 rings (SSSR count). The number of carboxylic acids is 1. The molecule has 2 amide bonds. The van der Waals surface area contributed by atoms with E-state index in [0.29, 0.717) is 0 Å². The summed E-state index contributed by atoms with van der Waals surface area (Å²) < 4.78 is 0. The third kappa shape index (κ3) is 6.29. The van der Waals surface area contributed by atoms with E-state index in [4.69, 9.17) is 5.73 Å². The van der Waals surface area contributed by atoms with E-state index in [1.807, 2.05) is 6.07 Å². The molecular weight excluding hydrogens is 318 g/mol. The molecule has 23 heavy (non-hydrogen) atoms. The number of aliphatic carboxylic acids is 1. The molecular formula is C15H21N3O4S. The van der Waals surface area contributed by atoms with Gasteiger partial charge in [-0.1, -0.05) is 30.3 Å². The van der Waals surface area contributed by atoms with Gasteiger partial charge in [0.2, 0.25) is 11.8 Å². The molecule has 0 radical (unpaired) electrons. The Balaban J connectivity index is 2.63. The van der Waals surface area contributed by atoms with Gasteiger partial charge in [0.1, 0.15) is 12.1 Å². The van der Waals surface area contributed by atoms with Gasteiger partial charge >= 0.3 is 5.97 Å². The van der Waals surface area contributed by atoms with Gasteiger partial charge in [-0.2, -0.15) is 12.6 Å². The van der Waals surface area contributed by atoms with Crippen LogP contribution in [0.25, 0.3) is 0 Å². The van der Waals surface area contributed by atoms with E-state index in [0.717, 1.165) is 5.56 Å². The maximum atomic E-state index is 12.0. The van der Waals surface area contributed by atoms with Crippen LogP contribution in [0.5, 0.6) is 0 Å². The predicted octanol–water partition coefficient (Wildman–Crippen LogP) is -0.440.